The predicted octanol–water partition coefficient (Wildman–Crippen LogP) is 9.94. The van der Waals surface area contributed by atoms with Crippen molar-refractivity contribution in [2.75, 3.05) is 0 Å². The Bertz CT molecular complexity index is 2640. The summed E-state index contributed by atoms with van der Waals surface area (Å²) in [6.07, 6.45) is 1.83. The quantitative estimate of drug-likeness (QED) is 0.186. The van der Waals surface area contributed by atoms with E-state index in [4.69, 9.17) is 9.73 Å². The van der Waals surface area contributed by atoms with Crippen molar-refractivity contribution in [3.63, 3.8) is 0 Å². The van der Waals surface area contributed by atoms with Crippen LogP contribution in [-0.4, -0.2) is 18.7 Å². The molecular weight excluding hydrogens is 590 g/mol. The Morgan fingerprint density at radius 1 is 0.438 bits per heavy atom. The van der Waals surface area contributed by atoms with Gasteiger partial charge in [0.15, 0.2) is 0 Å². The van der Waals surface area contributed by atoms with Gasteiger partial charge >= 0.3 is 0 Å². The molecule has 0 saturated carbocycles. The first-order valence-electron chi connectivity index (χ1n) is 15.9. The SMILES string of the molecule is c1ccc(N=c2n(-c3ccccc3)c3ccccc3n2-c2cccc(Oc3ccc4c5ccccc5n(-c5ccccn5)c4c3)c2)cc1. The highest BCUT2D eigenvalue weighted by molar-refractivity contribution is 6.09. The molecule has 228 valence electrons. The van der Waals surface area contributed by atoms with Crippen molar-refractivity contribution in [2.45, 2.75) is 0 Å². The standard InChI is InChI=1S/C42H29N5O/c1-3-14-30(15-4-1)44-42-45(31-16-5-2-6-17-31)38-22-9-10-23-39(38)46(42)32-18-13-19-33(28-32)48-34-25-26-36-35-20-7-8-21-37(35)47(40(36)29-34)41-24-11-12-27-43-41/h1-29H. The highest BCUT2D eigenvalue weighted by Gasteiger charge is 2.17. The van der Waals surface area contributed by atoms with Gasteiger partial charge in [0, 0.05) is 34.8 Å². The number of aromatic nitrogens is 4. The fourth-order valence-corrected chi connectivity index (χ4v) is 6.53. The fraction of sp³-hybridized carbons (Fsp3) is 0. The number of fused-ring (bicyclic) bond motifs is 4. The van der Waals surface area contributed by atoms with E-state index in [0.29, 0.717) is 0 Å². The summed E-state index contributed by atoms with van der Waals surface area (Å²) in [5.74, 6) is 2.33. The Labute approximate surface area is 276 Å². The lowest BCUT2D eigenvalue weighted by molar-refractivity contribution is 0.483. The van der Waals surface area contributed by atoms with Crippen LogP contribution in [0.25, 0.3) is 50.0 Å². The molecule has 9 rings (SSSR count). The second-order valence-electron chi connectivity index (χ2n) is 11.6. The van der Waals surface area contributed by atoms with E-state index in [-0.39, 0.29) is 0 Å². The maximum atomic E-state index is 6.61. The molecule has 0 saturated heterocycles. The molecule has 9 aromatic rings. The highest BCUT2D eigenvalue weighted by Crippen LogP contribution is 2.35. The van der Waals surface area contributed by atoms with E-state index in [2.05, 4.69) is 116 Å². The Kier molecular flexibility index (Phi) is 6.68. The number of ether oxygens (including phenoxy) is 1. The summed E-state index contributed by atoms with van der Waals surface area (Å²) in [7, 11) is 0. The van der Waals surface area contributed by atoms with Crippen LogP contribution in [0, 0.1) is 0 Å². The van der Waals surface area contributed by atoms with Gasteiger partial charge < -0.3 is 4.74 Å². The normalized spacial score (nSPS) is 11.9. The van der Waals surface area contributed by atoms with E-state index in [0.717, 1.165) is 67.5 Å². The number of imidazole rings is 1. The molecular formula is C42H29N5O. The molecule has 0 spiro atoms. The Hall–Kier alpha value is -6.66. The third-order valence-electron chi connectivity index (χ3n) is 8.60. The fourth-order valence-electron chi connectivity index (χ4n) is 6.53. The monoisotopic (exact) mass is 619 g/mol. The Morgan fingerprint density at radius 3 is 1.83 bits per heavy atom. The van der Waals surface area contributed by atoms with Crippen LogP contribution in [-0.2, 0) is 0 Å². The van der Waals surface area contributed by atoms with Gasteiger partial charge in [-0.05, 0) is 78.9 Å². The minimum Gasteiger partial charge on any atom is -0.457 e. The van der Waals surface area contributed by atoms with E-state index >= 15 is 0 Å². The minimum absolute atomic E-state index is 0.724. The van der Waals surface area contributed by atoms with Crippen LogP contribution >= 0.6 is 0 Å². The molecule has 0 aliphatic rings. The average Bonchev–Trinajstić information content (AvgIpc) is 3.65. The van der Waals surface area contributed by atoms with Gasteiger partial charge in [0.05, 0.1) is 33.4 Å². The first kappa shape index (κ1) is 27.6. The van der Waals surface area contributed by atoms with Gasteiger partial charge in [0.25, 0.3) is 0 Å². The van der Waals surface area contributed by atoms with Crippen LogP contribution in [0.1, 0.15) is 0 Å². The molecule has 3 heterocycles. The van der Waals surface area contributed by atoms with Crippen LogP contribution in [0.3, 0.4) is 0 Å². The summed E-state index contributed by atoms with van der Waals surface area (Å²) in [6, 6.07) is 57.7. The second-order valence-corrected chi connectivity index (χ2v) is 11.6. The number of para-hydroxylation sites is 5. The Balaban J connectivity index is 1.20. The number of pyridine rings is 1. The van der Waals surface area contributed by atoms with Crippen molar-refractivity contribution in [3.8, 4) is 28.7 Å². The van der Waals surface area contributed by atoms with Crippen LogP contribution in [0.4, 0.5) is 5.69 Å². The van der Waals surface area contributed by atoms with Crippen LogP contribution in [0.15, 0.2) is 181 Å². The lowest BCUT2D eigenvalue weighted by atomic mass is 10.1. The molecule has 0 aliphatic heterocycles. The predicted molar refractivity (Wildman–Crippen MR) is 193 cm³/mol. The summed E-state index contributed by atoms with van der Waals surface area (Å²) in [5, 5.41) is 2.32. The molecule has 0 N–H and O–H groups in total. The summed E-state index contributed by atoms with van der Waals surface area (Å²) < 4.78 is 13.2. The zero-order valence-corrected chi connectivity index (χ0v) is 25.9. The van der Waals surface area contributed by atoms with E-state index < -0.39 is 0 Å². The van der Waals surface area contributed by atoms with Gasteiger partial charge in [0.2, 0.25) is 5.62 Å². The third-order valence-corrected chi connectivity index (χ3v) is 8.60. The van der Waals surface area contributed by atoms with E-state index in [1.807, 2.05) is 79.0 Å². The van der Waals surface area contributed by atoms with Crippen molar-refractivity contribution in [1.29, 1.82) is 0 Å². The van der Waals surface area contributed by atoms with Gasteiger partial charge in [-0.2, -0.15) is 0 Å². The van der Waals surface area contributed by atoms with E-state index in [1.54, 1.807) is 0 Å². The molecule has 0 radical (unpaired) electrons. The van der Waals surface area contributed by atoms with Gasteiger partial charge in [-0.3, -0.25) is 13.7 Å². The van der Waals surface area contributed by atoms with Crippen molar-refractivity contribution in [1.82, 2.24) is 18.7 Å². The van der Waals surface area contributed by atoms with Crippen molar-refractivity contribution >= 4 is 38.5 Å². The lowest BCUT2D eigenvalue weighted by Crippen LogP contribution is -2.23. The number of benzene rings is 6. The Morgan fingerprint density at radius 2 is 1.06 bits per heavy atom. The van der Waals surface area contributed by atoms with Crippen molar-refractivity contribution in [3.05, 3.63) is 182 Å². The van der Waals surface area contributed by atoms with Crippen molar-refractivity contribution in [2.24, 2.45) is 4.99 Å². The third kappa shape index (κ3) is 4.75. The number of hydrogen-bond acceptors (Lipinski definition) is 3. The summed E-state index contributed by atoms with van der Waals surface area (Å²) >= 11 is 0. The number of hydrogen-bond donors (Lipinski definition) is 0. The molecule has 6 nitrogen and oxygen atoms in total. The molecule has 0 amide bonds. The molecule has 0 unspecified atom stereocenters. The maximum Gasteiger partial charge on any atom is 0.220 e. The largest absolute Gasteiger partial charge is 0.457 e. The highest BCUT2D eigenvalue weighted by atomic mass is 16.5. The lowest BCUT2D eigenvalue weighted by Gasteiger charge is -2.11. The molecule has 6 heteroatoms. The first-order valence-corrected chi connectivity index (χ1v) is 15.9. The zero-order valence-electron chi connectivity index (χ0n) is 25.9. The molecule has 0 bridgehead atoms. The smallest absolute Gasteiger partial charge is 0.220 e. The molecule has 0 aliphatic carbocycles. The van der Waals surface area contributed by atoms with Crippen LogP contribution in [0.5, 0.6) is 11.5 Å². The van der Waals surface area contributed by atoms with Gasteiger partial charge in [-0.25, -0.2) is 9.98 Å². The molecule has 6 aromatic carbocycles. The molecule has 0 atom stereocenters. The number of rotatable bonds is 6. The van der Waals surface area contributed by atoms with Crippen molar-refractivity contribution < 1.29 is 4.74 Å². The van der Waals surface area contributed by atoms with E-state index in [9.17, 15) is 0 Å². The topological polar surface area (TPSA) is 49.3 Å². The first-order chi connectivity index (χ1) is 23.8. The zero-order chi connectivity index (χ0) is 31.9. The van der Waals surface area contributed by atoms with Gasteiger partial charge in [0.1, 0.15) is 17.3 Å². The minimum atomic E-state index is 0.724. The second kappa shape index (κ2) is 11.6. The molecule has 0 fully saturated rings. The summed E-state index contributed by atoms with van der Waals surface area (Å²) in [4.78, 5) is 9.89. The summed E-state index contributed by atoms with van der Waals surface area (Å²) in [6.45, 7) is 0. The van der Waals surface area contributed by atoms with Crippen LogP contribution < -0.4 is 10.4 Å². The van der Waals surface area contributed by atoms with Gasteiger partial charge in [-0.1, -0.05) is 78.9 Å². The summed E-state index contributed by atoms with van der Waals surface area (Å²) in [5.41, 5.74) is 7.86. The maximum absolute atomic E-state index is 6.61. The molecule has 3 aromatic heterocycles. The average molecular weight is 620 g/mol. The molecule has 48 heavy (non-hydrogen) atoms. The van der Waals surface area contributed by atoms with E-state index in [1.165, 1.54) is 5.39 Å². The van der Waals surface area contributed by atoms with Gasteiger partial charge in [-0.15, -0.1) is 0 Å². The number of nitrogens with zero attached hydrogens (tertiary/aromatic N) is 5. The van der Waals surface area contributed by atoms with Crippen LogP contribution in [0.2, 0.25) is 0 Å².